The topological polar surface area (TPSA) is 76.4 Å². The van der Waals surface area contributed by atoms with Crippen LogP contribution in [0.2, 0.25) is 0 Å². The smallest absolute Gasteiger partial charge is 0.379 e. The summed E-state index contributed by atoms with van der Waals surface area (Å²) in [5, 5.41) is 21.8. The van der Waals surface area contributed by atoms with E-state index >= 15 is 0 Å². The second kappa shape index (κ2) is 16.5. The third-order valence-corrected chi connectivity index (χ3v) is 7.45. The zero-order chi connectivity index (χ0) is 31.3. The van der Waals surface area contributed by atoms with Crippen LogP contribution in [0, 0.1) is 11.3 Å². The first-order valence-corrected chi connectivity index (χ1v) is 14.4. The molecule has 0 aliphatic rings. The molecule has 5 nitrogen and oxygen atoms in total. The van der Waals surface area contributed by atoms with Crippen molar-refractivity contribution in [2.45, 2.75) is 88.6 Å². The molecule has 0 unspecified atom stereocenters. The largest absolute Gasteiger partial charge is 0.453 e. The van der Waals surface area contributed by atoms with E-state index in [2.05, 4.69) is 5.32 Å². The number of benzene rings is 1. The number of nitrogens with one attached hydrogen (secondary N) is 1. The van der Waals surface area contributed by atoms with E-state index in [-0.39, 0.29) is 24.4 Å². The zero-order valence-corrected chi connectivity index (χ0v) is 23.9. The lowest BCUT2D eigenvalue weighted by Gasteiger charge is -2.28. The number of nitrogens with zero attached hydrogens (tertiary/aromatic N) is 2. The Labute approximate surface area is 239 Å². The summed E-state index contributed by atoms with van der Waals surface area (Å²) in [6.45, 7) is 1.80. The van der Waals surface area contributed by atoms with Crippen LogP contribution in [0.3, 0.4) is 0 Å². The second-order valence-electron chi connectivity index (χ2n) is 10.2. The number of likely N-dealkylation sites (N-methyl/N-ethyl adjacent to an activating group) is 1. The third-order valence-electron chi connectivity index (χ3n) is 6.29. The van der Waals surface area contributed by atoms with Crippen molar-refractivity contribution in [2.24, 2.45) is 0 Å². The number of amides is 1. The first kappa shape index (κ1) is 36.9. The first-order chi connectivity index (χ1) is 18.9. The summed E-state index contributed by atoms with van der Waals surface area (Å²) in [4.78, 5) is 14.3. The summed E-state index contributed by atoms with van der Waals surface area (Å²) in [6.07, 6.45) is -5.21. The fourth-order valence-corrected chi connectivity index (χ4v) is 4.97. The zero-order valence-electron chi connectivity index (χ0n) is 23.1. The van der Waals surface area contributed by atoms with Crippen LogP contribution in [0.15, 0.2) is 18.2 Å². The number of carbonyl (C=O) groups excluding carboxylic acids is 1. The molecule has 0 heterocycles. The van der Waals surface area contributed by atoms with E-state index in [1.807, 2.05) is 0 Å². The van der Waals surface area contributed by atoms with Crippen LogP contribution in [0.4, 0.5) is 40.8 Å². The molecule has 1 amide bonds. The number of carbonyl (C=O) groups is 1. The van der Waals surface area contributed by atoms with Crippen molar-refractivity contribution in [1.29, 1.82) is 5.26 Å². The Hall–Kier alpha value is -2.11. The number of unbranched alkanes of at least 4 members (excludes halogenated alkanes) is 6. The van der Waals surface area contributed by atoms with Crippen molar-refractivity contribution < 1.29 is 45.0 Å². The van der Waals surface area contributed by atoms with Gasteiger partial charge in [0, 0.05) is 18.7 Å². The highest BCUT2D eigenvalue weighted by Gasteiger charge is 2.56. The van der Waals surface area contributed by atoms with Crippen LogP contribution in [0.25, 0.3) is 0 Å². The maximum Gasteiger partial charge on any atom is 0.453 e. The minimum absolute atomic E-state index is 0.0489. The number of halogens is 8. The van der Waals surface area contributed by atoms with Gasteiger partial charge in [-0.05, 0) is 69.5 Å². The van der Waals surface area contributed by atoms with Crippen molar-refractivity contribution >= 4 is 23.4 Å². The van der Waals surface area contributed by atoms with Gasteiger partial charge in [0.1, 0.15) is 0 Å². The minimum atomic E-state index is -5.49. The molecule has 0 aliphatic heterocycles. The van der Waals surface area contributed by atoms with Gasteiger partial charge in [0.2, 0.25) is 0 Å². The number of rotatable bonds is 18. The van der Waals surface area contributed by atoms with Gasteiger partial charge in [-0.15, -0.1) is 0 Å². The molecular weight excluding hydrogens is 582 g/mol. The van der Waals surface area contributed by atoms with E-state index in [0.29, 0.717) is 18.4 Å². The fourth-order valence-electron chi connectivity index (χ4n) is 4.01. The van der Waals surface area contributed by atoms with Crippen LogP contribution in [-0.4, -0.2) is 65.3 Å². The molecule has 0 aromatic heterocycles. The molecule has 0 bridgehead atoms. The van der Waals surface area contributed by atoms with Gasteiger partial charge in [0.05, 0.1) is 17.2 Å². The average Bonchev–Trinajstić information content (AvgIpc) is 2.85. The quantitative estimate of drug-likeness (QED) is 0.131. The Morgan fingerprint density at radius 1 is 0.951 bits per heavy atom. The number of hydrogen-bond acceptors (Lipinski definition) is 5. The van der Waals surface area contributed by atoms with Crippen molar-refractivity contribution in [3.05, 3.63) is 29.3 Å². The maximum atomic E-state index is 13.2. The molecule has 1 atom stereocenters. The summed E-state index contributed by atoms with van der Waals surface area (Å²) in [7, 11) is 1.72. The molecule has 0 radical (unpaired) electrons. The molecule has 234 valence electrons. The Balaban J connectivity index is 2.21. The molecule has 0 saturated carbocycles. The SMILES string of the molecule is CN(CCCCCCCCCSCCCC(F)(F)C(F)(F)F)C[C@](C)(O)C(=O)Nc1ccc(C#N)c(C(F)(F)F)c1. The summed E-state index contributed by atoms with van der Waals surface area (Å²) >= 11 is 1.38. The Morgan fingerprint density at radius 3 is 2.07 bits per heavy atom. The van der Waals surface area contributed by atoms with Crippen LogP contribution >= 0.6 is 11.8 Å². The number of alkyl halides is 8. The highest BCUT2D eigenvalue weighted by molar-refractivity contribution is 7.99. The van der Waals surface area contributed by atoms with E-state index in [0.717, 1.165) is 57.1 Å². The average molecular weight is 620 g/mol. The van der Waals surface area contributed by atoms with Crippen LogP contribution in [-0.2, 0) is 11.0 Å². The van der Waals surface area contributed by atoms with Gasteiger partial charge in [0.15, 0.2) is 5.60 Å². The Kier molecular flexibility index (Phi) is 14.9. The van der Waals surface area contributed by atoms with Crippen LogP contribution in [0.5, 0.6) is 0 Å². The Morgan fingerprint density at radius 2 is 1.51 bits per heavy atom. The molecule has 0 aliphatic carbocycles. The van der Waals surface area contributed by atoms with Gasteiger partial charge >= 0.3 is 18.3 Å². The molecule has 1 rings (SSSR count). The van der Waals surface area contributed by atoms with E-state index in [1.54, 1.807) is 11.9 Å². The highest BCUT2D eigenvalue weighted by atomic mass is 32.2. The number of nitriles is 1. The predicted octanol–water partition coefficient (Wildman–Crippen LogP) is 7.64. The number of anilines is 1. The first-order valence-electron chi connectivity index (χ1n) is 13.3. The maximum absolute atomic E-state index is 13.2. The lowest BCUT2D eigenvalue weighted by molar-refractivity contribution is -0.284. The molecule has 14 heteroatoms. The van der Waals surface area contributed by atoms with Gasteiger partial charge < -0.3 is 15.3 Å². The highest BCUT2D eigenvalue weighted by Crippen LogP contribution is 2.39. The standard InChI is InChI=1S/C27H37F8N3O2S/c1-24(40,23(39)37-21-12-11-20(18-36)22(17-21)26(30,31)32)19-38(2)14-8-6-4-3-5-7-9-15-41-16-10-13-25(28,29)27(33,34)35/h11-12,17,40H,3-10,13-16,19H2,1-2H3,(H,37,39)/t24-/m0/s1. The Bertz CT molecular complexity index is 994. The van der Waals surface area contributed by atoms with Crippen molar-refractivity contribution in [3.8, 4) is 6.07 Å². The van der Waals surface area contributed by atoms with Gasteiger partial charge in [0.25, 0.3) is 5.91 Å². The van der Waals surface area contributed by atoms with E-state index < -0.39 is 47.3 Å². The summed E-state index contributed by atoms with van der Waals surface area (Å²) in [5.74, 6) is -4.53. The molecule has 1 aromatic rings. The lowest BCUT2D eigenvalue weighted by Crippen LogP contribution is -2.48. The second-order valence-corrected chi connectivity index (χ2v) is 11.5. The molecular formula is C27H37F8N3O2S. The van der Waals surface area contributed by atoms with Gasteiger partial charge in [-0.2, -0.15) is 52.1 Å². The lowest BCUT2D eigenvalue weighted by atomic mass is 10.0. The molecule has 2 N–H and O–H groups in total. The van der Waals surface area contributed by atoms with E-state index in [1.165, 1.54) is 24.8 Å². The predicted molar refractivity (Wildman–Crippen MR) is 143 cm³/mol. The molecule has 41 heavy (non-hydrogen) atoms. The fraction of sp³-hybridized carbons (Fsp3) is 0.704. The van der Waals surface area contributed by atoms with Gasteiger partial charge in [-0.25, -0.2) is 0 Å². The molecule has 0 fully saturated rings. The number of aliphatic hydroxyl groups is 1. The van der Waals surface area contributed by atoms with Crippen molar-refractivity contribution in [2.75, 3.05) is 37.0 Å². The summed E-state index contributed by atoms with van der Waals surface area (Å²) < 4.78 is 101. The van der Waals surface area contributed by atoms with Gasteiger partial charge in [-0.3, -0.25) is 4.79 Å². The number of hydrogen-bond donors (Lipinski definition) is 2. The summed E-state index contributed by atoms with van der Waals surface area (Å²) in [6, 6.07) is 4.23. The van der Waals surface area contributed by atoms with Crippen LogP contribution in [0.1, 0.15) is 75.8 Å². The van der Waals surface area contributed by atoms with Crippen molar-refractivity contribution in [3.63, 3.8) is 0 Å². The normalized spacial score (nSPS) is 14.1. The monoisotopic (exact) mass is 619 g/mol. The number of thioether (sulfide) groups is 1. The molecule has 1 aromatic carbocycles. The van der Waals surface area contributed by atoms with Crippen molar-refractivity contribution in [1.82, 2.24) is 4.90 Å². The minimum Gasteiger partial charge on any atom is -0.379 e. The van der Waals surface area contributed by atoms with E-state index in [4.69, 9.17) is 5.26 Å². The molecule has 0 spiro atoms. The molecule has 0 saturated heterocycles. The van der Waals surface area contributed by atoms with E-state index in [9.17, 15) is 45.0 Å². The van der Waals surface area contributed by atoms with Gasteiger partial charge in [-0.1, -0.05) is 32.1 Å². The van der Waals surface area contributed by atoms with Crippen LogP contribution < -0.4 is 5.32 Å². The summed E-state index contributed by atoms with van der Waals surface area (Å²) in [5.41, 5.74) is -3.82. The third kappa shape index (κ3) is 13.6.